The predicted molar refractivity (Wildman–Crippen MR) is 103 cm³/mol. The number of rotatable bonds is 8. The Morgan fingerprint density at radius 1 is 1.11 bits per heavy atom. The molecule has 3 rings (SSSR count). The Morgan fingerprint density at radius 3 is 2.67 bits per heavy atom. The summed E-state index contributed by atoms with van der Waals surface area (Å²) in [7, 11) is 0. The number of ether oxygens (including phenoxy) is 2. The zero-order chi connectivity index (χ0) is 19.1. The Bertz CT molecular complexity index is 659. The fourth-order valence-corrected chi connectivity index (χ4v) is 3.59. The van der Waals surface area contributed by atoms with E-state index in [9.17, 15) is 9.59 Å². The topological polar surface area (TPSA) is 79.9 Å². The number of unbranched alkanes of at least 4 members (excludes halogenated alkanes) is 1. The van der Waals surface area contributed by atoms with Crippen LogP contribution in [-0.2, 0) is 4.79 Å². The number of benzene rings is 1. The van der Waals surface area contributed by atoms with E-state index in [1.807, 2.05) is 25.1 Å². The van der Waals surface area contributed by atoms with E-state index >= 15 is 0 Å². The van der Waals surface area contributed by atoms with E-state index in [2.05, 4.69) is 10.6 Å². The highest BCUT2D eigenvalue weighted by atomic mass is 16.7. The first-order valence-corrected chi connectivity index (χ1v) is 9.91. The number of anilines is 1. The number of amides is 3. The highest BCUT2D eigenvalue weighted by Crippen LogP contribution is 2.35. The Kier molecular flexibility index (Phi) is 6.79. The molecular weight excluding hydrogens is 346 g/mol. The molecule has 7 heteroatoms. The number of hydrogen-bond donors (Lipinski definition) is 2. The lowest BCUT2D eigenvalue weighted by atomic mass is 10.1. The standard InChI is InChI=1S/C20H29N3O4/c1-2-21-20(25)23(16-9-10-17-18(13-16)27-14-26-17)12-6-5-11-22-19(24)15-7-3-4-8-15/h9-10,13,15H,2-8,11-12,14H2,1H3,(H,21,25)(H,22,24). The second kappa shape index (κ2) is 9.48. The van der Waals surface area contributed by atoms with Gasteiger partial charge in [-0.15, -0.1) is 0 Å². The second-order valence-electron chi connectivity index (χ2n) is 7.00. The molecule has 1 aromatic rings. The molecule has 2 aliphatic rings. The molecule has 3 amide bonds. The molecular formula is C20H29N3O4. The van der Waals surface area contributed by atoms with Gasteiger partial charge in [0.15, 0.2) is 11.5 Å². The molecule has 1 saturated carbocycles. The molecule has 1 aromatic carbocycles. The summed E-state index contributed by atoms with van der Waals surface area (Å²) in [5.41, 5.74) is 0.778. The zero-order valence-corrected chi connectivity index (χ0v) is 16.0. The number of carbonyl (C=O) groups is 2. The maximum atomic E-state index is 12.5. The van der Waals surface area contributed by atoms with E-state index < -0.39 is 0 Å². The molecule has 1 heterocycles. The summed E-state index contributed by atoms with van der Waals surface area (Å²) in [5.74, 6) is 1.74. The molecule has 0 radical (unpaired) electrons. The number of hydrogen-bond acceptors (Lipinski definition) is 4. The lowest BCUT2D eigenvalue weighted by Crippen LogP contribution is -2.40. The van der Waals surface area contributed by atoms with Crippen molar-refractivity contribution in [3.8, 4) is 11.5 Å². The Hall–Kier alpha value is -2.44. The van der Waals surface area contributed by atoms with Gasteiger partial charge in [-0.05, 0) is 44.7 Å². The first kappa shape index (κ1) is 19.3. The van der Waals surface area contributed by atoms with Crippen molar-refractivity contribution in [1.82, 2.24) is 10.6 Å². The van der Waals surface area contributed by atoms with E-state index in [1.165, 1.54) is 0 Å². The normalized spacial score (nSPS) is 15.6. The summed E-state index contributed by atoms with van der Waals surface area (Å²) in [6, 6.07) is 5.39. The predicted octanol–water partition coefficient (Wildman–Crippen LogP) is 3.04. The quantitative estimate of drug-likeness (QED) is 0.685. The van der Waals surface area contributed by atoms with Crippen LogP contribution in [0.2, 0.25) is 0 Å². The van der Waals surface area contributed by atoms with Crippen molar-refractivity contribution in [2.75, 3.05) is 31.3 Å². The van der Waals surface area contributed by atoms with Gasteiger partial charge in [-0.1, -0.05) is 12.8 Å². The van der Waals surface area contributed by atoms with Crippen LogP contribution in [0.1, 0.15) is 45.4 Å². The maximum Gasteiger partial charge on any atom is 0.321 e. The molecule has 0 atom stereocenters. The van der Waals surface area contributed by atoms with Crippen molar-refractivity contribution in [3.05, 3.63) is 18.2 Å². The summed E-state index contributed by atoms with van der Waals surface area (Å²) in [6.45, 7) is 3.90. The van der Waals surface area contributed by atoms with Crippen molar-refractivity contribution in [1.29, 1.82) is 0 Å². The van der Waals surface area contributed by atoms with Gasteiger partial charge in [0.25, 0.3) is 0 Å². The second-order valence-corrected chi connectivity index (χ2v) is 7.00. The Balaban J connectivity index is 1.50. The molecule has 1 aliphatic heterocycles. The first-order valence-electron chi connectivity index (χ1n) is 9.91. The van der Waals surface area contributed by atoms with Crippen molar-refractivity contribution < 1.29 is 19.1 Å². The fraction of sp³-hybridized carbons (Fsp3) is 0.600. The molecule has 148 valence electrons. The fourth-order valence-electron chi connectivity index (χ4n) is 3.59. The highest BCUT2D eigenvalue weighted by molar-refractivity contribution is 5.92. The number of carbonyl (C=O) groups excluding carboxylic acids is 2. The van der Waals surface area contributed by atoms with Crippen molar-refractivity contribution in [2.24, 2.45) is 5.92 Å². The third-order valence-corrected chi connectivity index (χ3v) is 5.07. The van der Waals surface area contributed by atoms with E-state index in [4.69, 9.17) is 9.47 Å². The van der Waals surface area contributed by atoms with Crippen LogP contribution in [0, 0.1) is 5.92 Å². The van der Waals surface area contributed by atoms with E-state index in [0.29, 0.717) is 31.1 Å². The van der Waals surface area contributed by atoms with Crippen LogP contribution in [0.5, 0.6) is 11.5 Å². The molecule has 2 N–H and O–H groups in total. The van der Waals surface area contributed by atoms with E-state index in [0.717, 1.165) is 44.2 Å². The van der Waals surface area contributed by atoms with Gasteiger partial charge < -0.3 is 20.1 Å². The average Bonchev–Trinajstić information content (AvgIpc) is 3.35. The number of nitrogens with one attached hydrogen (secondary N) is 2. The van der Waals surface area contributed by atoms with Gasteiger partial charge in [-0.25, -0.2) is 4.79 Å². The number of urea groups is 1. The van der Waals surface area contributed by atoms with Crippen LogP contribution in [-0.4, -0.2) is 38.4 Å². The average molecular weight is 375 g/mol. The summed E-state index contributed by atoms with van der Waals surface area (Å²) in [4.78, 5) is 26.2. The molecule has 1 aliphatic carbocycles. The minimum absolute atomic E-state index is 0.133. The van der Waals surface area contributed by atoms with Gasteiger partial charge in [0, 0.05) is 37.3 Å². The van der Waals surface area contributed by atoms with Crippen LogP contribution in [0.3, 0.4) is 0 Å². The van der Waals surface area contributed by atoms with Crippen LogP contribution in [0.4, 0.5) is 10.5 Å². The van der Waals surface area contributed by atoms with Crippen molar-refractivity contribution in [3.63, 3.8) is 0 Å². The first-order chi connectivity index (χ1) is 13.2. The van der Waals surface area contributed by atoms with Crippen molar-refractivity contribution >= 4 is 17.6 Å². The van der Waals surface area contributed by atoms with Crippen LogP contribution in [0.25, 0.3) is 0 Å². The zero-order valence-electron chi connectivity index (χ0n) is 16.0. The molecule has 0 unspecified atom stereocenters. The lowest BCUT2D eigenvalue weighted by Gasteiger charge is -2.23. The summed E-state index contributed by atoms with van der Waals surface area (Å²) in [5, 5.41) is 5.89. The smallest absolute Gasteiger partial charge is 0.321 e. The molecule has 1 fully saturated rings. The SMILES string of the molecule is CCNC(=O)N(CCCCNC(=O)C1CCCC1)c1ccc2c(c1)OCO2. The summed E-state index contributed by atoms with van der Waals surface area (Å²) in [6.07, 6.45) is 5.99. The number of nitrogens with zero attached hydrogens (tertiary/aromatic N) is 1. The van der Waals surface area contributed by atoms with Crippen LogP contribution in [0.15, 0.2) is 18.2 Å². The Morgan fingerprint density at radius 2 is 1.89 bits per heavy atom. The number of fused-ring (bicyclic) bond motifs is 1. The van der Waals surface area contributed by atoms with E-state index in [1.54, 1.807) is 4.90 Å². The van der Waals surface area contributed by atoms with Crippen LogP contribution < -0.4 is 25.0 Å². The van der Waals surface area contributed by atoms with Crippen molar-refractivity contribution in [2.45, 2.75) is 45.4 Å². The molecule has 0 bridgehead atoms. The third kappa shape index (κ3) is 5.05. The third-order valence-electron chi connectivity index (χ3n) is 5.07. The van der Waals surface area contributed by atoms with E-state index in [-0.39, 0.29) is 24.6 Å². The minimum Gasteiger partial charge on any atom is -0.454 e. The summed E-state index contributed by atoms with van der Waals surface area (Å²) >= 11 is 0. The molecule has 0 spiro atoms. The van der Waals surface area contributed by atoms with Gasteiger partial charge in [-0.3, -0.25) is 9.69 Å². The minimum atomic E-state index is -0.133. The van der Waals surface area contributed by atoms with Gasteiger partial charge in [0.05, 0.1) is 0 Å². The lowest BCUT2D eigenvalue weighted by molar-refractivity contribution is -0.124. The van der Waals surface area contributed by atoms with Gasteiger partial charge in [-0.2, -0.15) is 0 Å². The maximum absolute atomic E-state index is 12.5. The molecule has 0 saturated heterocycles. The highest BCUT2D eigenvalue weighted by Gasteiger charge is 2.22. The summed E-state index contributed by atoms with van der Waals surface area (Å²) < 4.78 is 10.8. The molecule has 0 aromatic heterocycles. The molecule has 7 nitrogen and oxygen atoms in total. The van der Waals surface area contributed by atoms with Gasteiger partial charge >= 0.3 is 6.03 Å². The van der Waals surface area contributed by atoms with Gasteiger partial charge in [0.2, 0.25) is 12.7 Å². The largest absolute Gasteiger partial charge is 0.454 e. The molecule has 27 heavy (non-hydrogen) atoms. The van der Waals surface area contributed by atoms with Gasteiger partial charge in [0.1, 0.15) is 0 Å². The van der Waals surface area contributed by atoms with Crippen LogP contribution >= 0.6 is 0 Å². The monoisotopic (exact) mass is 375 g/mol. The Labute approximate surface area is 160 Å².